The molecule has 0 aromatic heterocycles. The zero-order valence-electron chi connectivity index (χ0n) is 11.5. The monoisotopic (exact) mass is 301 g/mol. The van der Waals surface area contributed by atoms with Crippen LogP contribution in [0.15, 0.2) is 29.2 Å². The van der Waals surface area contributed by atoms with Crippen molar-refractivity contribution in [1.82, 2.24) is 5.32 Å². The Hall–Kier alpha value is -0.980. The lowest BCUT2D eigenvalue weighted by molar-refractivity contribution is 0.179. The van der Waals surface area contributed by atoms with Gasteiger partial charge in [0.25, 0.3) is 0 Å². The summed E-state index contributed by atoms with van der Waals surface area (Å²) < 4.78 is 43.7. The van der Waals surface area contributed by atoms with Gasteiger partial charge in [-0.05, 0) is 25.1 Å². The number of hydrogen-bond acceptors (Lipinski definition) is 4. The average molecular weight is 301 g/mol. The summed E-state index contributed by atoms with van der Waals surface area (Å²) in [7, 11) is -3.64. The van der Waals surface area contributed by atoms with E-state index in [-0.39, 0.29) is 22.6 Å². The maximum atomic E-state index is 13.7. The minimum atomic E-state index is -3.64. The topological polar surface area (TPSA) is 55.4 Å². The summed E-state index contributed by atoms with van der Waals surface area (Å²) in [4.78, 5) is -0.221. The molecule has 112 valence electrons. The van der Waals surface area contributed by atoms with Crippen LogP contribution < -0.4 is 5.32 Å². The normalized spacial score (nSPS) is 21.0. The minimum absolute atomic E-state index is 0.101. The molecular weight excluding hydrogens is 281 g/mol. The predicted octanol–water partition coefficient (Wildman–Crippen LogP) is 1.61. The molecule has 4 nitrogen and oxygen atoms in total. The first-order valence-corrected chi connectivity index (χ1v) is 8.48. The van der Waals surface area contributed by atoms with Gasteiger partial charge in [0.15, 0.2) is 9.84 Å². The van der Waals surface area contributed by atoms with Crippen LogP contribution in [-0.2, 0) is 14.6 Å². The van der Waals surface area contributed by atoms with Crippen LogP contribution in [0.4, 0.5) is 4.39 Å². The highest BCUT2D eigenvalue weighted by molar-refractivity contribution is 7.91. The van der Waals surface area contributed by atoms with Crippen LogP contribution in [0.5, 0.6) is 0 Å². The van der Waals surface area contributed by atoms with Crippen LogP contribution >= 0.6 is 0 Å². The van der Waals surface area contributed by atoms with Crippen molar-refractivity contribution in [1.29, 1.82) is 0 Å². The largest absolute Gasteiger partial charge is 0.381 e. The van der Waals surface area contributed by atoms with Gasteiger partial charge in [-0.3, -0.25) is 0 Å². The van der Waals surface area contributed by atoms with Gasteiger partial charge >= 0.3 is 0 Å². The van der Waals surface area contributed by atoms with Crippen molar-refractivity contribution in [3.05, 3.63) is 30.1 Å². The highest BCUT2D eigenvalue weighted by Gasteiger charge is 2.31. The molecule has 20 heavy (non-hydrogen) atoms. The highest BCUT2D eigenvalue weighted by Crippen LogP contribution is 2.22. The lowest BCUT2D eigenvalue weighted by Gasteiger charge is -2.23. The van der Waals surface area contributed by atoms with E-state index in [4.69, 9.17) is 4.74 Å². The van der Waals surface area contributed by atoms with Crippen molar-refractivity contribution in [2.24, 2.45) is 5.92 Å². The second-order valence-electron chi connectivity index (χ2n) is 5.00. The highest BCUT2D eigenvalue weighted by atomic mass is 32.2. The van der Waals surface area contributed by atoms with Crippen molar-refractivity contribution in [3.8, 4) is 0 Å². The molecule has 1 fully saturated rings. The summed E-state index contributed by atoms with van der Waals surface area (Å²) in [6.45, 7) is 3.82. The zero-order chi connectivity index (χ0) is 14.6. The maximum absolute atomic E-state index is 13.7. The van der Waals surface area contributed by atoms with Gasteiger partial charge in [0, 0.05) is 18.6 Å². The van der Waals surface area contributed by atoms with E-state index in [0.717, 1.165) is 6.42 Å². The van der Waals surface area contributed by atoms with E-state index in [1.54, 1.807) is 0 Å². The number of benzene rings is 1. The predicted molar refractivity (Wildman–Crippen MR) is 74.8 cm³/mol. The van der Waals surface area contributed by atoms with Crippen LogP contribution in [0, 0.1) is 11.7 Å². The molecule has 1 heterocycles. The fourth-order valence-corrected chi connectivity index (χ4v) is 4.21. The van der Waals surface area contributed by atoms with Gasteiger partial charge in [-0.25, -0.2) is 12.8 Å². The Labute approximate surface area is 119 Å². The maximum Gasteiger partial charge on any atom is 0.182 e. The molecule has 0 bridgehead atoms. The second kappa shape index (κ2) is 6.65. The summed E-state index contributed by atoms with van der Waals surface area (Å²) >= 11 is 0. The van der Waals surface area contributed by atoms with Gasteiger partial charge < -0.3 is 10.1 Å². The van der Waals surface area contributed by atoms with E-state index in [1.807, 2.05) is 6.92 Å². The van der Waals surface area contributed by atoms with Crippen LogP contribution in [-0.4, -0.2) is 40.0 Å². The molecule has 2 atom stereocenters. The molecule has 0 saturated carbocycles. The molecule has 0 amide bonds. The lowest BCUT2D eigenvalue weighted by Crippen LogP contribution is -2.42. The summed E-state index contributed by atoms with van der Waals surface area (Å²) in [6.07, 6.45) is 0.838. The smallest absolute Gasteiger partial charge is 0.182 e. The van der Waals surface area contributed by atoms with E-state index < -0.39 is 15.7 Å². The Morgan fingerprint density at radius 1 is 1.45 bits per heavy atom. The molecule has 6 heteroatoms. The van der Waals surface area contributed by atoms with Crippen LogP contribution in [0.2, 0.25) is 0 Å². The fourth-order valence-electron chi connectivity index (χ4n) is 2.52. The van der Waals surface area contributed by atoms with E-state index in [9.17, 15) is 12.8 Å². The lowest BCUT2D eigenvalue weighted by atomic mass is 10.0. The van der Waals surface area contributed by atoms with Gasteiger partial charge in [-0.1, -0.05) is 19.1 Å². The summed E-state index contributed by atoms with van der Waals surface area (Å²) in [5, 5.41) is 3.19. The molecule has 2 unspecified atom stereocenters. The molecule has 1 aromatic carbocycles. The number of halogens is 1. The minimum Gasteiger partial charge on any atom is -0.381 e. The Morgan fingerprint density at radius 3 is 2.80 bits per heavy atom. The summed E-state index contributed by atoms with van der Waals surface area (Å²) in [5.41, 5.74) is 0. The molecule has 1 aromatic rings. The molecule has 1 saturated heterocycles. The summed E-state index contributed by atoms with van der Waals surface area (Å²) in [5.74, 6) is -0.627. The average Bonchev–Trinajstić information content (AvgIpc) is 2.92. The number of sulfone groups is 1. The quantitative estimate of drug-likeness (QED) is 0.867. The van der Waals surface area contributed by atoms with Gasteiger partial charge in [0.05, 0.1) is 12.4 Å². The molecule has 1 aliphatic rings. The van der Waals surface area contributed by atoms with Crippen LogP contribution in [0.3, 0.4) is 0 Å². The van der Waals surface area contributed by atoms with Crippen molar-refractivity contribution >= 4 is 9.84 Å². The molecule has 0 radical (unpaired) electrons. The number of ether oxygens (including phenoxy) is 1. The van der Waals surface area contributed by atoms with Crippen molar-refractivity contribution < 1.29 is 17.5 Å². The number of nitrogens with one attached hydrogen (secondary N) is 1. The first-order chi connectivity index (χ1) is 9.54. The van der Waals surface area contributed by atoms with Gasteiger partial charge in [0.2, 0.25) is 0 Å². The second-order valence-corrected chi connectivity index (χ2v) is 7.00. The zero-order valence-corrected chi connectivity index (χ0v) is 12.3. The van der Waals surface area contributed by atoms with Crippen molar-refractivity contribution in [3.63, 3.8) is 0 Å². The van der Waals surface area contributed by atoms with E-state index in [2.05, 4.69) is 5.32 Å². The molecule has 1 N–H and O–H groups in total. The van der Waals surface area contributed by atoms with Gasteiger partial charge in [-0.15, -0.1) is 0 Å². The first kappa shape index (κ1) is 15.4. The molecular formula is C14H20FNO3S. The third kappa shape index (κ3) is 3.56. The Bertz CT molecular complexity index is 541. The van der Waals surface area contributed by atoms with E-state index in [1.165, 1.54) is 24.3 Å². The summed E-state index contributed by atoms with van der Waals surface area (Å²) in [6, 6.07) is 5.32. The number of rotatable bonds is 6. The molecule has 0 aliphatic carbocycles. The first-order valence-electron chi connectivity index (χ1n) is 6.83. The standard InChI is InChI=1S/C14H20FNO3S/c1-2-16-13(11-7-8-19-9-11)10-20(17,18)14-6-4-3-5-12(14)15/h3-6,11,13,16H,2,7-10H2,1H3. The van der Waals surface area contributed by atoms with Crippen molar-refractivity contribution in [2.75, 3.05) is 25.5 Å². The molecule has 2 rings (SSSR count). The van der Waals surface area contributed by atoms with E-state index >= 15 is 0 Å². The molecule has 0 spiro atoms. The van der Waals surface area contributed by atoms with Crippen LogP contribution in [0.25, 0.3) is 0 Å². The van der Waals surface area contributed by atoms with E-state index in [0.29, 0.717) is 19.8 Å². The third-order valence-electron chi connectivity index (χ3n) is 3.57. The fraction of sp³-hybridized carbons (Fsp3) is 0.571. The van der Waals surface area contributed by atoms with Crippen molar-refractivity contribution in [2.45, 2.75) is 24.3 Å². The Morgan fingerprint density at radius 2 is 2.20 bits per heavy atom. The Kier molecular flexibility index (Phi) is 5.12. The van der Waals surface area contributed by atoms with Gasteiger partial charge in [0.1, 0.15) is 10.7 Å². The number of hydrogen-bond donors (Lipinski definition) is 1. The SMILES string of the molecule is CCNC(CS(=O)(=O)c1ccccc1F)C1CCOC1. The Balaban J connectivity index is 2.18. The molecule has 1 aliphatic heterocycles. The third-order valence-corrected chi connectivity index (χ3v) is 5.37. The van der Waals surface area contributed by atoms with Crippen LogP contribution in [0.1, 0.15) is 13.3 Å². The van der Waals surface area contributed by atoms with Gasteiger partial charge in [-0.2, -0.15) is 0 Å².